The van der Waals surface area contributed by atoms with Gasteiger partial charge in [0.15, 0.2) is 5.82 Å². The van der Waals surface area contributed by atoms with Crippen LogP contribution in [0.3, 0.4) is 0 Å². The van der Waals surface area contributed by atoms with Crippen molar-refractivity contribution in [3.8, 4) is 0 Å². The average Bonchev–Trinajstić information content (AvgIpc) is 2.41. The number of nitrogen functional groups attached to an aromatic ring is 1. The second-order valence-electron chi connectivity index (χ2n) is 3.51. The van der Waals surface area contributed by atoms with Crippen LogP contribution >= 0.6 is 0 Å². The van der Waals surface area contributed by atoms with E-state index in [-0.39, 0.29) is 11.5 Å². The van der Waals surface area contributed by atoms with E-state index in [9.17, 15) is 21.6 Å². The molecule has 0 saturated carbocycles. The highest BCUT2D eigenvalue weighted by Crippen LogP contribution is 2.21. The van der Waals surface area contributed by atoms with E-state index in [0.29, 0.717) is 5.69 Å². The molecule has 0 atom stereocenters. The third-order valence-corrected chi connectivity index (χ3v) is 2.95. The number of anilines is 2. The SMILES string of the molecule is Cc1nn(C)c(NS(=O)(=O)NCC(F)(F)F)c1N. The topological polar surface area (TPSA) is 102 Å². The summed E-state index contributed by atoms with van der Waals surface area (Å²) in [7, 11) is -2.95. The molecule has 0 spiro atoms. The number of nitrogens with zero attached hydrogens (tertiary/aromatic N) is 2. The maximum Gasteiger partial charge on any atom is 0.402 e. The predicted molar refractivity (Wildman–Crippen MR) is 59.0 cm³/mol. The molecule has 0 aliphatic heterocycles. The minimum absolute atomic E-state index is 0.0508. The van der Waals surface area contributed by atoms with Crippen molar-refractivity contribution in [1.29, 1.82) is 0 Å². The van der Waals surface area contributed by atoms with E-state index in [4.69, 9.17) is 5.73 Å². The normalized spacial score (nSPS) is 12.7. The van der Waals surface area contributed by atoms with Crippen LogP contribution in [0.2, 0.25) is 0 Å². The number of hydrogen-bond acceptors (Lipinski definition) is 4. The fourth-order valence-corrected chi connectivity index (χ4v) is 2.06. The Morgan fingerprint density at radius 2 is 2.00 bits per heavy atom. The van der Waals surface area contributed by atoms with Crippen molar-refractivity contribution < 1.29 is 21.6 Å². The summed E-state index contributed by atoms with van der Waals surface area (Å²) in [6.07, 6.45) is -4.64. The maximum absolute atomic E-state index is 11.9. The van der Waals surface area contributed by atoms with E-state index in [1.54, 1.807) is 0 Å². The first-order chi connectivity index (χ1) is 8.02. The van der Waals surface area contributed by atoms with Gasteiger partial charge in [0, 0.05) is 7.05 Å². The third kappa shape index (κ3) is 3.77. The molecule has 0 unspecified atom stereocenters. The molecule has 104 valence electrons. The first kappa shape index (κ1) is 14.6. The lowest BCUT2D eigenvalue weighted by Gasteiger charge is -2.11. The summed E-state index contributed by atoms with van der Waals surface area (Å²) >= 11 is 0. The monoisotopic (exact) mass is 287 g/mol. The molecule has 11 heteroatoms. The Balaban J connectivity index is 2.83. The zero-order valence-electron chi connectivity index (χ0n) is 9.54. The molecule has 0 aromatic carbocycles. The minimum atomic E-state index is -4.64. The summed E-state index contributed by atoms with van der Waals surface area (Å²) in [5.74, 6) is -0.0952. The highest BCUT2D eigenvalue weighted by atomic mass is 32.2. The lowest BCUT2D eigenvalue weighted by Crippen LogP contribution is -2.37. The molecular weight excluding hydrogens is 275 g/mol. The van der Waals surface area contributed by atoms with E-state index >= 15 is 0 Å². The molecule has 0 radical (unpaired) electrons. The second kappa shape index (κ2) is 4.65. The van der Waals surface area contributed by atoms with Crippen LogP contribution in [-0.4, -0.2) is 30.9 Å². The molecule has 1 aromatic heterocycles. The highest BCUT2D eigenvalue weighted by Gasteiger charge is 2.30. The summed E-state index contributed by atoms with van der Waals surface area (Å²) in [6, 6.07) is 0. The number of halogens is 3. The van der Waals surface area contributed by atoms with Gasteiger partial charge in [-0.1, -0.05) is 0 Å². The molecule has 0 fully saturated rings. The van der Waals surface area contributed by atoms with Gasteiger partial charge in [-0.25, -0.2) is 4.68 Å². The molecule has 1 heterocycles. The molecule has 0 aliphatic rings. The third-order valence-electron chi connectivity index (χ3n) is 1.96. The van der Waals surface area contributed by atoms with E-state index in [1.807, 2.05) is 4.72 Å². The molecule has 0 saturated heterocycles. The lowest BCUT2D eigenvalue weighted by molar-refractivity contribution is -0.121. The first-order valence-corrected chi connectivity index (χ1v) is 6.13. The summed E-state index contributed by atoms with van der Waals surface area (Å²) in [6.45, 7) is -0.130. The van der Waals surface area contributed by atoms with Crippen LogP contribution in [0.25, 0.3) is 0 Å². The molecule has 0 bridgehead atoms. The van der Waals surface area contributed by atoms with Crippen molar-refractivity contribution in [2.75, 3.05) is 17.0 Å². The highest BCUT2D eigenvalue weighted by molar-refractivity contribution is 7.90. The van der Waals surface area contributed by atoms with E-state index in [1.165, 1.54) is 18.7 Å². The van der Waals surface area contributed by atoms with Crippen LogP contribution in [0.15, 0.2) is 0 Å². The molecule has 18 heavy (non-hydrogen) atoms. The molecule has 0 aliphatic carbocycles. The number of aryl methyl sites for hydroxylation is 2. The zero-order chi connectivity index (χ0) is 14.1. The van der Waals surface area contributed by atoms with Crippen molar-refractivity contribution >= 4 is 21.7 Å². The number of alkyl halides is 3. The van der Waals surface area contributed by atoms with Crippen LogP contribution in [0.4, 0.5) is 24.7 Å². The molecule has 0 amide bonds. The number of aromatic nitrogens is 2. The molecule has 1 aromatic rings. The molecular formula is C7H12F3N5O2S. The van der Waals surface area contributed by atoms with Crippen LogP contribution in [-0.2, 0) is 17.3 Å². The van der Waals surface area contributed by atoms with Gasteiger partial charge in [-0.3, -0.25) is 4.72 Å². The van der Waals surface area contributed by atoms with E-state index in [2.05, 4.69) is 5.10 Å². The van der Waals surface area contributed by atoms with Gasteiger partial charge in [-0.05, 0) is 6.92 Å². The number of rotatable bonds is 4. The Hall–Kier alpha value is -1.49. The Labute approximate surface area is 101 Å². The Morgan fingerprint density at radius 1 is 1.44 bits per heavy atom. The average molecular weight is 287 g/mol. The van der Waals surface area contributed by atoms with Gasteiger partial charge in [-0.2, -0.15) is 31.4 Å². The van der Waals surface area contributed by atoms with Gasteiger partial charge in [0.2, 0.25) is 0 Å². The molecule has 1 rings (SSSR count). The Bertz CT molecular complexity index is 536. The maximum atomic E-state index is 11.9. The lowest BCUT2D eigenvalue weighted by atomic mass is 10.4. The number of hydrogen-bond donors (Lipinski definition) is 3. The van der Waals surface area contributed by atoms with Gasteiger partial charge >= 0.3 is 16.4 Å². The van der Waals surface area contributed by atoms with Crippen LogP contribution in [0.5, 0.6) is 0 Å². The Morgan fingerprint density at radius 3 is 2.39 bits per heavy atom. The van der Waals surface area contributed by atoms with Gasteiger partial charge in [-0.15, -0.1) is 0 Å². The van der Waals surface area contributed by atoms with Gasteiger partial charge in [0.1, 0.15) is 6.54 Å². The summed E-state index contributed by atoms with van der Waals surface area (Å²) in [4.78, 5) is 0. The fraction of sp³-hybridized carbons (Fsp3) is 0.571. The van der Waals surface area contributed by atoms with Crippen molar-refractivity contribution in [2.45, 2.75) is 13.1 Å². The molecule has 4 N–H and O–H groups in total. The largest absolute Gasteiger partial charge is 0.402 e. The van der Waals surface area contributed by atoms with E-state index < -0.39 is 22.9 Å². The molecule has 7 nitrogen and oxygen atoms in total. The van der Waals surface area contributed by atoms with Crippen LogP contribution in [0, 0.1) is 6.92 Å². The quantitative estimate of drug-likeness (QED) is 0.732. The van der Waals surface area contributed by atoms with Crippen molar-refractivity contribution in [1.82, 2.24) is 14.5 Å². The number of nitrogens with one attached hydrogen (secondary N) is 2. The second-order valence-corrected chi connectivity index (χ2v) is 5.01. The summed E-state index contributed by atoms with van der Waals surface area (Å²) in [5, 5.41) is 3.82. The first-order valence-electron chi connectivity index (χ1n) is 4.65. The Kier molecular flexibility index (Phi) is 3.76. The van der Waals surface area contributed by atoms with Crippen LogP contribution < -0.4 is 15.2 Å². The van der Waals surface area contributed by atoms with Crippen LogP contribution in [0.1, 0.15) is 5.69 Å². The van der Waals surface area contributed by atoms with Gasteiger partial charge in [0.05, 0.1) is 11.4 Å². The van der Waals surface area contributed by atoms with E-state index in [0.717, 1.165) is 4.68 Å². The fourth-order valence-electron chi connectivity index (χ4n) is 1.14. The summed E-state index contributed by atoms with van der Waals surface area (Å²) < 4.78 is 62.7. The van der Waals surface area contributed by atoms with Crippen molar-refractivity contribution in [3.63, 3.8) is 0 Å². The smallest absolute Gasteiger partial charge is 0.394 e. The predicted octanol–water partition coefficient (Wildman–Crippen LogP) is 0.119. The van der Waals surface area contributed by atoms with Gasteiger partial charge in [0.25, 0.3) is 0 Å². The van der Waals surface area contributed by atoms with Crippen molar-refractivity contribution in [2.24, 2.45) is 7.05 Å². The van der Waals surface area contributed by atoms with Gasteiger partial charge < -0.3 is 5.73 Å². The number of nitrogens with two attached hydrogens (primary N) is 1. The van der Waals surface area contributed by atoms with Crippen molar-refractivity contribution in [3.05, 3.63) is 5.69 Å². The standard InChI is InChI=1S/C7H12F3N5O2S/c1-4-5(11)6(15(2)13-4)14-18(16,17)12-3-7(8,9)10/h12,14H,3,11H2,1-2H3. The minimum Gasteiger partial charge on any atom is -0.394 e. The zero-order valence-corrected chi connectivity index (χ0v) is 10.4. The summed E-state index contributed by atoms with van der Waals surface area (Å²) in [5.41, 5.74) is 5.95.